The number of ether oxygens (including phenoxy) is 1. The molecule has 0 saturated heterocycles. The molecule has 120 valence electrons. The highest BCUT2D eigenvalue weighted by atomic mass is 16.6. The summed E-state index contributed by atoms with van der Waals surface area (Å²) < 4.78 is 5.19. The van der Waals surface area contributed by atoms with Gasteiger partial charge in [-0.3, -0.25) is 14.9 Å². The molecule has 0 unspecified atom stereocenters. The minimum Gasteiger partial charge on any atom is -0.480 e. The van der Waals surface area contributed by atoms with Crippen molar-refractivity contribution in [1.82, 2.24) is 0 Å². The lowest BCUT2D eigenvalue weighted by molar-refractivity contribution is -0.385. The predicted octanol–water partition coefficient (Wildman–Crippen LogP) is 2.54. The minimum absolute atomic E-state index is 0.203. The number of nitrogens with zero attached hydrogens (tertiary/aromatic N) is 1. The van der Waals surface area contributed by atoms with Crippen LogP contribution in [0.5, 0.6) is 5.75 Å². The van der Waals surface area contributed by atoms with Crippen LogP contribution >= 0.6 is 0 Å². The van der Waals surface area contributed by atoms with E-state index in [0.717, 1.165) is 12.1 Å². The summed E-state index contributed by atoms with van der Waals surface area (Å²) in [4.78, 5) is 34.3. The number of carbonyl (C=O) groups is 2. The Bertz CT molecular complexity index is 851. The van der Waals surface area contributed by atoms with Crippen LogP contribution in [0.25, 0.3) is 0 Å². The van der Waals surface area contributed by atoms with Gasteiger partial charge in [-0.15, -0.1) is 6.42 Å². The normalized spacial score (nSPS) is 9.79. The van der Waals surface area contributed by atoms with Crippen molar-refractivity contribution < 1.29 is 24.4 Å². The SMILES string of the molecule is C#CCOc1cc(C(=O)O)cc([N+](=O)[O-])c1C(=O)c1ccccc1. The van der Waals surface area contributed by atoms with Crippen molar-refractivity contribution in [1.29, 1.82) is 0 Å². The van der Waals surface area contributed by atoms with Crippen molar-refractivity contribution >= 4 is 17.4 Å². The minimum atomic E-state index is -1.39. The number of ketones is 1. The van der Waals surface area contributed by atoms with Gasteiger partial charge in [0.2, 0.25) is 5.78 Å². The molecule has 0 radical (unpaired) electrons. The molecule has 0 bridgehead atoms. The Kier molecular flexibility index (Phi) is 4.92. The van der Waals surface area contributed by atoms with Gasteiger partial charge in [0.15, 0.2) is 0 Å². The molecule has 0 fully saturated rings. The Hall–Kier alpha value is -3.66. The first-order valence-corrected chi connectivity index (χ1v) is 6.67. The van der Waals surface area contributed by atoms with Gasteiger partial charge >= 0.3 is 5.97 Å². The Morgan fingerprint density at radius 1 is 1.21 bits per heavy atom. The van der Waals surface area contributed by atoms with Crippen LogP contribution in [0.3, 0.4) is 0 Å². The number of nitro benzene ring substituents is 1. The number of hydrogen-bond donors (Lipinski definition) is 1. The van der Waals surface area contributed by atoms with Crippen LogP contribution in [-0.2, 0) is 0 Å². The van der Waals surface area contributed by atoms with E-state index in [4.69, 9.17) is 16.3 Å². The van der Waals surface area contributed by atoms with Crippen LogP contribution in [-0.4, -0.2) is 28.4 Å². The summed E-state index contributed by atoms with van der Waals surface area (Å²) in [5.74, 6) is -0.121. The molecule has 0 saturated carbocycles. The van der Waals surface area contributed by atoms with Crippen LogP contribution in [0.1, 0.15) is 26.3 Å². The largest absolute Gasteiger partial charge is 0.480 e. The third kappa shape index (κ3) is 3.39. The van der Waals surface area contributed by atoms with E-state index in [2.05, 4.69) is 5.92 Å². The number of aromatic carboxylic acids is 1. The van der Waals surface area contributed by atoms with Crippen molar-refractivity contribution in [2.75, 3.05) is 6.61 Å². The number of benzene rings is 2. The molecule has 7 nitrogen and oxygen atoms in total. The lowest BCUT2D eigenvalue weighted by Crippen LogP contribution is -2.11. The molecule has 0 amide bonds. The first-order chi connectivity index (χ1) is 11.5. The number of rotatable bonds is 6. The maximum Gasteiger partial charge on any atom is 0.336 e. The molecule has 7 heteroatoms. The number of carbonyl (C=O) groups excluding carboxylic acids is 1. The van der Waals surface area contributed by atoms with E-state index in [1.54, 1.807) is 18.2 Å². The molecule has 2 rings (SSSR count). The van der Waals surface area contributed by atoms with E-state index in [0.29, 0.717) is 0 Å². The Balaban J connectivity index is 2.70. The van der Waals surface area contributed by atoms with E-state index in [-0.39, 0.29) is 29.0 Å². The second-order valence-electron chi connectivity index (χ2n) is 4.62. The zero-order valence-electron chi connectivity index (χ0n) is 12.3. The quantitative estimate of drug-likeness (QED) is 0.378. The maximum absolute atomic E-state index is 12.7. The molecular formula is C17H11NO6. The van der Waals surface area contributed by atoms with Crippen molar-refractivity contribution in [3.05, 3.63) is 69.3 Å². The molecule has 0 aromatic heterocycles. The van der Waals surface area contributed by atoms with Gasteiger partial charge in [0, 0.05) is 11.6 Å². The average Bonchev–Trinajstić information content (AvgIpc) is 2.59. The Labute approximate surface area is 136 Å². The van der Waals surface area contributed by atoms with Gasteiger partial charge in [-0.25, -0.2) is 4.79 Å². The summed E-state index contributed by atoms with van der Waals surface area (Å²) in [5, 5.41) is 20.4. The van der Waals surface area contributed by atoms with Gasteiger partial charge < -0.3 is 9.84 Å². The standard InChI is InChI=1S/C17H11NO6/c1-2-8-24-14-10-12(17(20)21)9-13(18(22)23)15(14)16(19)11-6-4-3-5-7-11/h1,3-7,9-10H,8H2,(H,20,21). The first-order valence-electron chi connectivity index (χ1n) is 6.67. The van der Waals surface area contributed by atoms with Crippen LogP contribution < -0.4 is 4.74 Å². The molecule has 0 atom stereocenters. The predicted molar refractivity (Wildman–Crippen MR) is 84.3 cm³/mol. The van der Waals surface area contributed by atoms with Gasteiger partial charge in [0.05, 0.1) is 10.5 Å². The zero-order valence-corrected chi connectivity index (χ0v) is 12.3. The second-order valence-corrected chi connectivity index (χ2v) is 4.62. The summed E-state index contributed by atoms with van der Waals surface area (Å²) in [6.07, 6.45) is 5.10. The van der Waals surface area contributed by atoms with Crippen molar-refractivity contribution in [3.63, 3.8) is 0 Å². The summed E-state index contributed by atoms with van der Waals surface area (Å²) in [7, 11) is 0. The average molecular weight is 325 g/mol. The highest BCUT2D eigenvalue weighted by molar-refractivity contribution is 6.14. The summed E-state index contributed by atoms with van der Waals surface area (Å²) in [5.41, 5.74) is -1.17. The summed E-state index contributed by atoms with van der Waals surface area (Å²) in [6.45, 7) is -0.269. The van der Waals surface area contributed by atoms with E-state index in [9.17, 15) is 19.7 Å². The number of terminal acetylenes is 1. The van der Waals surface area contributed by atoms with E-state index in [1.807, 2.05) is 0 Å². The van der Waals surface area contributed by atoms with Gasteiger partial charge in [-0.05, 0) is 6.07 Å². The molecule has 0 aliphatic carbocycles. The smallest absolute Gasteiger partial charge is 0.336 e. The molecule has 2 aromatic rings. The fraction of sp³-hybridized carbons (Fsp3) is 0.0588. The van der Waals surface area contributed by atoms with Crippen molar-refractivity contribution in [2.24, 2.45) is 0 Å². The number of carboxylic acid groups (broad SMARTS) is 1. The third-order valence-electron chi connectivity index (χ3n) is 3.10. The van der Waals surface area contributed by atoms with Crippen LogP contribution in [0.15, 0.2) is 42.5 Å². The van der Waals surface area contributed by atoms with E-state index in [1.165, 1.54) is 12.1 Å². The van der Waals surface area contributed by atoms with Gasteiger partial charge in [0.1, 0.15) is 17.9 Å². The van der Waals surface area contributed by atoms with Gasteiger partial charge in [-0.2, -0.15) is 0 Å². The van der Waals surface area contributed by atoms with Crippen molar-refractivity contribution in [2.45, 2.75) is 0 Å². The van der Waals surface area contributed by atoms with E-state index >= 15 is 0 Å². The molecule has 0 heterocycles. The fourth-order valence-corrected chi connectivity index (χ4v) is 2.06. The lowest BCUT2D eigenvalue weighted by atomic mass is 9.98. The first kappa shape index (κ1) is 16.7. The Morgan fingerprint density at radius 3 is 2.42 bits per heavy atom. The highest BCUT2D eigenvalue weighted by Crippen LogP contribution is 2.33. The number of carboxylic acids is 1. The fourth-order valence-electron chi connectivity index (χ4n) is 2.06. The maximum atomic E-state index is 12.7. The van der Waals surface area contributed by atoms with Crippen LogP contribution in [0.4, 0.5) is 5.69 Å². The van der Waals surface area contributed by atoms with Crippen LogP contribution in [0, 0.1) is 22.5 Å². The molecule has 24 heavy (non-hydrogen) atoms. The zero-order chi connectivity index (χ0) is 17.7. The van der Waals surface area contributed by atoms with Gasteiger partial charge in [0.25, 0.3) is 5.69 Å². The third-order valence-corrected chi connectivity index (χ3v) is 3.10. The molecule has 0 aliphatic rings. The lowest BCUT2D eigenvalue weighted by Gasteiger charge is -2.11. The molecule has 0 spiro atoms. The second kappa shape index (κ2) is 7.07. The molecule has 0 aliphatic heterocycles. The van der Waals surface area contributed by atoms with Crippen LogP contribution in [0.2, 0.25) is 0 Å². The van der Waals surface area contributed by atoms with Gasteiger partial charge in [-0.1, -0.05) is 36.3 Å². The van der Waals surface area contributed by atoms with Crippen molar-refractivity contribution in [3.8, 4) is 18.1 Å². The topological polar surface area (TPSA) is 107 Å². The molecular weight excluding hydrogens is 314 g/mol. The highest BCUT2D eigenvalue weighted by Gasteiger charge is 2.28. The summed E-state index contributed by atoms with van der Waals surface area (Å²) in [6, 6.07) is 9.74. The number of nitro groups is 1. The number of hydrogen-bond acceptors (Lipinski definition) is 5. The summed E-state index contributed by atoms with van der Waals surface area (Å²) >= 11 is 0. The molecule has 1 N–H and O–H groups in total. The van der Waals surface area contributed by atoms with E-state index < -0.39 is 22.4 Å². The molecule has 2 aromatic carbocycles. The monoisotopic (exact) mass is 325 g/mol. The Morgan fingerprint density at radius 2 is 1.88 bits per heavy atom.